The van der Waals surface area contributed by atoms with Gasteiger partial charge in [-0.25, -0.2) is 13.1 Å². The van der Waals surface area contributed by atoms with Crippen molar-refractivity contribution >= 4 is 21.6 Å². The summed E-state index contributed by atoms with van der Waals surface area (Å²) in [5.74, 6) is -0.572. The third-order valence-corrected chi connectivity index (χ3v) is 4.00. The molecule has 1 aromatic rings. The van der Waals surface area contributed by atoms with Gasteiger partial charge in [-0.15, -0.1) is 0 Å². The molecule has 0 fully saturated rings. The monoisotopic (exact) mass is 300 g/mol. The quantitative estimate of drug-likeness (QED) is 0.470. The smallest absolute Gasteiger partial charge is 0.269 e. The molecule has 0 aliphatic heterocycles. The van der Waals surface area contributed by atoms with Crippen LogP contribution in [0.1, 0.15) is 32.6 Å². The first-order chi connectivity index (χ1) is 9.36. The fourth-order valence-corrected chi connectivity index (χ4v) is 2.56. The van der Waals surface area contributed by atoms with E-state index in [9.17, 15) is 23.3 Å². The van der Waals surface area contributed by atoms with E-state index in [1.807, 2.05) is 11.6 Å². The van der Waals surface area contributed by atoms with Crippen LogP contribution in [0, 0.1) is 10.1 Å². The van der Waals surface area contributed by atoms with Crippen LogP contribution in [-0.2, 0) is 14.8 Å². The number of hydrogen-bond acceptors (Lipinski definition) is 5. The summed E-state index contributed by atoms with van der Waals surface area (Å²) in [5.41, 5.74) is -0.210. The molecule has 1 aromatic carbocycles. The summed E-state index contributed by atoms with van der Waals surface area (Å²) in [6, 6.07) is 4.35. The van der Waals surface area contributed by atoms with Gasteiger partial charge in [-0.2, -0.15) is 0 Å². The topological polar surface area (TPSA) is 106 Å². The number of nitrogens with one attached hydrogen (secondary N) is 1. The van der Waals surface area contributed by atoms with E-state index < -0.39 is 20.9 Å². The number of nitro benzene ring substituents is 1. The Bertz CT molecular complexity index is 580. The van der Waals surface area contributed by atoms with Crippen molar-refractivity contribution in [2.24, 2.45) is 0 Å². The second kappa shape index (κ2) is 6.99. The van der Waals surface area contributed by atoms with E-state index in [4.69, 9.17) is 0 Å². The summed E-state index contributed by atoms with van der Waals surface area (Å²) in [5, 5.41) is 10.5. The average Bonchev–Trinajstić information content (AvgIpc) is 2.38. The highest BCUT2D eigenvalue weighted by atomic mass is 32.2. The molecule has 0 spiro atoms. The molecule has 0 aliphatic carbocycles. The third-order valence-electron chi connectivity index (χ3n) is 2.61. The van der Waals surface area contributed by atoms with Gasteiger partial charge in [0, 0.05) is 18.6 Å². The lowest BCUT2D eigenvalue weighted by Crippen LogP contribution is -2.30. The number of non-ortho nitro benzene ring substituents is 1. The second-order valence-electron chi connectivity index (χ2n) is 4.24. The highest BCUT2D eigenvalue weighted by Gasteiger charge is 2.18. The zero-order chi connectivity index (χ0) is 15.2. The molecule has 8 heteroatoms. The van der Waals surface area contributed by atoms with Crippen LogP contribution in [0.15, 0.2) is 29.2 Å². The van der Waals surface area contributed by atoms with Gasteiger partial charge in [-0.3, -0.25) is 14.9 Å². The number of carbonyl (C=O) groups excluding carboxylic acids is 1. The molecular weight excluding hydrogens is 284 g/mol. The first-order valence-corrected chi connectivity index (χ1v) is 7.65. The van der Waals surface area contributed by atoms with E-state index in [1.54, 1.807) is 0 Å². The summed E-state index contributed by atoms with van der Waals surface area (Å²) in [7, 11) is -3.96. The van der Waals surface area contributed by atoms with Gasteiger partial charge in [-0.05, 0) is 18.6 Å². The van der Waals surface area contributed by atoms with E-state index in [0.29, 0.717) is 6.42 Å². The van der Waals surface area contributed by atoms with Crippen molar-refractivity contribution in [2.75, 3.05) is 0 Å². The van der Waals surface area contributed by atoms with Crippen molar-refractivity contribution in [3.63, 3.8) is 0 Å². The Balaban J connectivity index is 2.73. The lowest BCUT2D eigenvalue weighted by atomic mass is 10.2. The van der Waals surface area contributed by atoms with E-state index >= 15 is 0 Å². The molecule has 1 N–H and O–H groups in total. The Labute approximate surface area is 117 Å². The Morgan fingerprint density at radius 1 is 1.25 bits per heavy atom. The van der Waals surface area contributed by atoms with E-state index in [-0.39, 0.29) is 17.0 Å². The van der Waals surface area contributed by atoms with Gasteiger partial charge >= 0.3 is 0 Å². The van der Waals surface area contributed by atoms with Crippen LogP contribution in [0.25, 0.3) is 0 Å². The lowest BCUT2D eigenvalue weighted by molar-refractivity contribution is -0.384. The average molecular weight is 300 g/mol. The fourth-order valence-electron chi connectivity index (χ4n) is 1.54. The van der Waals surface area contributed by atoms with E-state index in [2.05, 4.69) is 0 Å². The summed E-state index contributed by atoms with van der Waals surface area (Å²) in [6.45, 7) is 1.98. The number of nitro groups is 1. The number of hydrogen-bond donors (Lipinski definition) is 1. The number of amides is 1. The first kappa shape index (κ1) is 16.1. The standard InChI is InChI=1S/C12H16N2O5S/c1-2-3-4-5-12(15)13-20(18,19)11-8-6-10(7-9-11)14(16)17/h6-9H,2-5H2,1H3,(H,13,15). The van der Waals surface area contributed by atoms with Gasteiger partial charge in [-0.1, -0.05) is 19.8 Å². The summed E-state index contributed by atoms with van der Waals surface area (Å²) < 4.78 is 25.7. The minimum Gasteiger partial charge on any atom is -0.274 e. The molecule has 0 aliphatic rings. The molecule has 110 valence electrons. The van der Waals surface area contributed by atoms with Crippen LogP contribution in [0.4, 0.5) is 5.69 Å². The Kier molecular flexibility index (Phi) is 5.63. The number of carbonyl (C=O) groups is 1. The maximum absolute atomic E-state index is 11.9. The van der Waals surface area contributed by atoms with Crippen molar-refractivity contribution in [1.29, 1.82) is 0 Å². The molecule has 0 atom stereocenters. The Morgan fingerprint density at radius 3 is 2.35 bits per heavy atom. The molecule has 1 amide bonds. The van der Waals surface area contributed by atoms with Crippen molar-refractivity contribution in [3.8, 4) is 0 Å². The molecule has 0 unspecified atom stereocenters. The van der Waals surface area contributed by atoms with Crippen molar-refractivity contribution in [3.05, 3.63) is 34.4 Å². The van der Waals surface area contributed by atoms with Gasteiger partial charge in [0.25, 0.3) is 15.7 Å². The minimum atomic E-state index is -3.96. The van der Waals surface area contributed by atoms with Crippen LogP contribution in [0.3, 0.4) is 0 Å². The molecule has 7 nitrogen and oxygen atoms in total. The number of rotatable bonds is 7. The normalized spacial score (nSPS) is 11.1. The summed E-state index contributed by atoms with van der Waals surface area (Å²) in [4.78, 5) is 21.2. The molecule has 0 bridgehead atoms. The largest absolute Gasteiger partial charge is 0.274 e. The zero-order valence-corrected chi connectivity index (χ0v) is 11.9. The molecule has 0 radical (unpaired) electrons. The van der Waals surface area contributed by atoms with Gasteiger partial charge in [0.2, 0.25) is 5.91 Å². The number of unbranched alkanes of at least 4 members (excludes halogenated alkanes) is 2. The predicted octanol–water partition coefficient (Wildman–Crippen LogP) is 1.98. The van der Waals surface area contributed by atoms with Gasteiger partial charge in [0.05, 0.1) is 9.82 Å². The summed E-state index contributed by atoms with van der Waals surface area (Å²) in [6.07, 6.45) is 2.55. The lowest BCUT2D eigenvalue weighted by Gasteiger charge is -2.06. The predicted molar refractivity (Wildman–Crippen MR) is 72.6 cm³/mol. The van der Waals surface area contributed by atoms with Crippen molar-refractivity contribution < 1.29 is 18.1 Å². The van der Waals surface area contributed by atoms with Gasteiger partial charge < -0.3 is 0 Å². The molecule has 0 aromatic heterocycles. The molecule has 0 heterocycles. The van der Waals surface area contributed by atoms with Crippen LogP contribution >= 0.6 is 0 Å². The van der Waals surface area contributed by atoms with Gasteiger partial charge in [0.1, 0.15) is 0 Å². The number of nitrogens with zero attached hydrogens (tertiary/aromatic N) is 1. The Hall–Kier alpha value is -1.96. The Morgan fingerprint density at radius 2 is 1.85 bits per heavy atom. The molecule has 0 saturated carbocycles. The van der Waals surface area contributed by atoms with E-state index in [0.717, 1.165) is 37.1 Å². The van der Waals surface area contributed by atoms with Gasteiger partial charge in [0.15, 0.2) is 0 Å². The molecular formula is C12H16N2O5S. The fraction of sp³-hybridized carbons (Fsp3) is 0.417. The highest BCUT2D eigenvalue weighted by molar-refractivity contribution is 7.90. The van der Waals surface area contributed by atoms with Crippen LogP contribution in [0.5, 0.6) is 0 Å². The number of benzene rings is 1. The maximum atomic E-state index is 11.9. The SMILES string of the molecule is CCCCCC(=O)NS(=O)(=O)c1ccc([N+](=O)[O-])cc1. The molecule has 20 heavy (non-hydrogen) atoms. The molecule has 0 saturated heterocycles. The second-order valence-corrected chi connectivity index (χ2v) is 5.92. The van der Waals surface area contributed by atoms with Crippen molar-refractivity contribution in [1.82, 2.24) is 4.72 Å². The molecule has 1 rings (SSSR count). The minimum absolute atomic E-state index is 0.139. The van der Waals surface area contributed by atoms with Crippen LogP contribution in [0.2, 0.25) is 0 Å². The zero-order valence-electron chi connectivity index (χ0n) is 11.0. The highest BCUT2D eigenvalue weighted by Crippen LogP contribution is 2.15. The van der Waals surface area contributed by atoms with Crippen molar-refractivity contribution in [2.45, 2.75) is 37.5 Å². The third kappa shape index (κ3) is 4.61. The maximum Gasteiger partial charge on any atom is 0.269 e. The summed E-state index contributed by atoms with van der Waals surface area (Å²) >= 11 is 0. The van der Waals surface area contributed by atoms with Crippen LogP contribution in [-0.4, -0.2) is 19.2 Å². The van der Waals surface area contributed by atoms with Crippen LogP contribution < -0.4 is 4.72 Å². The number of sulfonamides is 1. The first-order valence-electron chi connectivity index (χ1n) is 6.17. The van der Waals surface area contributed by atoms with E-state index in [1.165, 1.54) is 0 Å².